The van der Waals surface area contributed by atoms with Crippen LogP contribution in [0.2, 0.25) is 0 Å². The maximum Gasteiger partial charge on any atom is 0.261 e. The first kappa shape index (κ1) is 26.9. The summed E-state index contributed by atoms with van der Waals surface area (Å²) in [7, 11) is 2.99. The van der Waals surface area contributed by atoms with Crippen molar-refractivity contribution in [3.8, 4) is 11.5 Å². The van der Waals surface area contributed by atoms with E-state index in [9.17, 15) is 18.8 Å². The van der Waals surface area contributed by atoms with Crippen LogP contribution in [-0.2, 0) is 14.3 Å². The minimum Gasteiger partial charge on any atom is -0.496 e. The Bertz CT molecular complexity index is 1200. The fraction of sp³-hybridized carbons (Fsp3) is 0.464. The predicted octanol–water partition coefficient (Wildman–Crippen LogP) is 2.18. The lowest BCUT2D eigenvalue weighted by molar-refractivity contribution is -0.141. The normalized spacial score (nSPS) is 20.7. The summed E-state index contributed by atoms with van der Waals surface area (Å²) in [4.78, 5) is 45.8. The highest BCUT2D eigenvalue weighted by Gasteiger charge is 2.55. The van der Waals surface area contributed by atoms with E-state index in [2.05, 4.69) is 0 Å². The summed E-state index contributed by atoms with van der Waals surface area (Å²) in [5, 5.41) is 0. The molecule has 0 N–H and O–H groups in total. The third kappa shape index (κ3) is 5.04. The van der Waals surface area contributed by atoms with Gasteiger partial charge in [-0.25, -0.2) is 4.39 Å². The number of piperidine rings is 1. The van der Waals surface area contributed by atoms with Crippen molar-refractivity contribution in [2.24, 2.45) is 0 Å². The molecule has 3 saturated heterocycles. The number of amides is 3. The Morgan fingerprint density at radius 2 is 1.49 bits per heavy atom. The van der Waals surface area contributed by atoms with Gasteiger partial charge in [0.1, 0.15) is 34.6 Å². The Kier molecular flexibility index (Phi) is 7.72. The summed E-state index contributed by atoms with van der Waals surface area (Å²) < 4.78 is 36.1. The van der Waals surface area contributed by atoms with Gasteiger partial charge in [-0.15, -0.1) is 0 Å². The minimum absolute atomic E-state index is 0.0391. The molecule has 39 heavy (non-hydrogen) atoms. The number of ether oxygens (including phenoxy) is 4. The van der Waals surface area contributed by atoms with E-state index in [1.54, 1.807) is 28.0 Å². The van der Waals surface area contributed by atoms with Crippen LogP contribution in [0.1, 0.15) is 33.6 Å². The molecule has 3 aliphatic rings. The third-order valence-corrected chi connectivity index (χ3v) is 7.65. The van der Waals surface area contributed by atoms with Gasteiger partial charge in [-0.05, 0) is 36.4 Å². The first-order valence-corrected chi connectivity index (χ1v) is 13.0. The van der Waals surface area contributed by atoms with E-state index in [0.29, 0.717) is 56.2 Å². The van der Waals surface area contributed by atoms with E-state index < -0.39 is 23.5 Å². The largest absolute Gasteiger partial charge is 0.496 e. The SMILES string of the molecule is COc1cccc(OC)c1C(=O)N1CCC2(CC1)OCC(C(=O)N1CCOCC1)N2C(=O)c1ccc(F)cc1. The van der Waals surface area contributed by atoms with Crippen LogP contribution in [-0.4, -0.2) is 104 Å². The van der Waals surface area contributed by atoms with Gasteiger partial charge in [0.15, 0.2) is 0 Å². The Labute approximate surface area is 226 Å². The molecule has 1 unspecified atom stereocenters. The zero-order valence-electron chi connectivity index (χ0n) is 22.1. The van der Waals surface area contributed by atoms with Gasteiger partial charge >= 0.3 is 0 Å². The van der Waals surface area contributed by atoms with Gasteiger partial charge in [-0.2, -0.15) is 0 Å². The van der Waals surface area contributed by atoms with E-state index in [0.717, 1.165) is 0 Å². The Hall–Kier alpha value is -3.70. The Morgan fingerprint density at radius 3 is 2.08 bits per heavy atom. The number of hydrogen-bond donors (Lipinski definition) is 0. The first-order valence-electron chi connectivity index (χ1n) is 13.0. The number of rotatable bonds is 5. The van der Waals surface area contributed by atoms with Crippen molar-refractivity contribution < 1.29 is 37.7 Å². The summed E-state index contributed by atoms with van der Waals surface area (Å²) in [6.45, 7) is 2.34. The second-order valence-electron chi connectivity index (χ2n) is 9.72. The van der Waals surface area contributed by atoms with Gasteiger partial charge < -0.3 is 28.7 Å². The first-order chi connectivity index (χ1) is 18.9. The fourth-order valence-electron chi connectivity index (χ4n) is 5.56. The average Bonchev–Trinajstić information content (AvgIpc) is 3.34. The van der Waals surface area contributed by atoms with Crippen LogP contribution in [0.15, 0.2) is 42.5 Å². The molecule has 3 fully saturated rings. The number of likely N-dealkylation sites (tertiary alicyclic amines) is 1. The number of carbonyl (C=O) groups excluding carboxylic acids is 3. The molecule has 3 amide bonds. The van der Waals surface area contributed by atoms with Crippen molar-refractivity contribution in [1.82, 2.24) is 14.7 Å². The van der Waals surface area contributed by atoms with Gasteiger partial charge in [0, 0.05) is 44.6 Å². The lowest BCUT2D eigenvalue weighted by Gasteiger charge is -2.45. The van der Waals surface area contributed by atoms with E-state index in [1.165, 1.54) is 43.4 Å². The average molecular weight is 542 g/mol. The lowest BCUT2D eigenvalue weighted by Crippen LogP contribution is -2.60. The van der Waals surface area contributed by atoms with Crippen molar-refractivity contribution in [3.63, 3.8) is 0 Å². The minimum atomic E-state index is -1.08. The zero-order valence-corrected chi connectivity index (χ0v) is 22.1. The van der Waals surface area contributed by atoms with Crippen molar-refractivity contribution in [2.45, 2.75) is 24.6 Å². The molecule has 3 aliphatic heterocycles. The molecule has 1 spiro atoms. The molecule has 208 valence electrons. The molecular weight excluding hydrogens is 509 g/mol. The van der Waals surface area contributed by atoms with Gasteiger partial charge in [-0.3, -0.25) is 19.3 Å². The Balaban J connectivity index is 1.41. The summed E-state index contributed by atoms with van der Waals surface area (Å²) in [5.41, 5.74) is -0.497. The molecule has 3 heterocycles. The quantitative estimate of drug-likeness (QED) is 0.572. The lowest BCUT2D eigenvalue weighted by atomic mass is 9.95. The van der Waals surface area contributed by atoms with Crippen molar-refractivity contribution >= 4 is 17.7 Å². The second kappa shape index (κ2) is 11.2. The van der Waals surface area contributed by atoms with Crippen molar-refractivity contribution in [3.05, 3.63) is 59.4 Å². The van der Waals surface area contributed by atoms with Gasteiger partial charge in [-0.1, -0.05) is 6.07 Å². The number of carbonyl (C=O) groups is 3. The molecular formula is C28H32FN3O7. The van der Waals surface area contributed by atoms with Crippen LogP contribution < -0.4 is 9.47 Å². The fourth-order valence-corrected chi connectivity index (χ4v) is 5.56. The number of benzene rings is 2. The molecule has 5 rings (SSSR count). The number of halogens is 1. The summed E-state index contributed by atoms with van der Waals surface area (Å²) >= 11 is 0. The van der Waals surface area contributed by atoms with E-state index in [4.69, 9.17) is 18.9 Å². The smallest absolute Gasteiger partial charge is 0.261 e. The monoisotopic (exact) mass is 541 g/mol. The molecule has 0 aliphatic carbocycles. The van der Waals surface area contributed by atoms with Gasteiger partial charge in [0.25, 0.3) is 11.8 Å². The standard InChI is InChI=1S/C28H32FN3O7/c1-36-22-4-3-5-23(37-2)24(22)27(35)30-12-10-28(11-13-30)32(25(33)19-6-8-20(29)9-7-19)21(18-39-28)26(34)31-14-16-38-17-15-31/h3-9,21H,10-18H2,1-2H3. The van der Waals surface area contributed by atoms with E-state index in [-0.39, 0.29) is 37.1 Å². The molecule has 10 nitrogen and oxygen atoms in total. The van der Waals surface area contributed by atoms with Crippen LogP contribution in [0.25, 0.3) is 0 Å². The number of morpholine rings is 1. The summed E-state index contributed by atoms with van der Waals surface area (Å²) in [6, 6.07) is 9.57. The topological polar surface area (TPSA) is 97.8 Å². The maximum atomic E-state index is 13.8. The number of nitrogens with zero attached hydrogens (tertiary/aromatic N) is 3. The second-order valence-corrected chi connectivity index (χ2v) is 9.72. The summed E-state index contributed by atoms with van der Waals surface area (Å²) in [6.07, 6.45) is 0.603. The third-order valence-electron chi connectivity index (χ3n) is 7.65. The highest BCUT2D eigenvalue weighted by molar-refractivity contribution is 6.00. The predicted molar refractivity (Wildman–Crippen MR) is 137 cm³/mol. The zero-order chi connectivity index (χ0) is 27.6. The summed E-state index contributed by atoms with van der Waals surface area (Å²) in [5.74, 6) is -0.525. The highest BCUT2D eigenvalue weighted by Crippen LogP contribution is 2.40. The maximum absolute atomic E-state index is 13.8. The van der Waals surface area contributed by atoms with Crippen LogP contribution >= 0.6 is 0 Å². The number of methoxy groups -OCH3 is 2. The van der Waals surface area contributed by atoms with Crippen molar-refractivity contribution in [1.29, 1.82) is 0 Å². The van der Waals surface area contributed by atoms with Crippen LogP contribution in [0.3, 0.4) is 0 Å². The highest BCUT2D eigenvalue weighted by atomic mass is 19.1. The Morgan fingerprint density at radius 1 is 0.872 bits per heavy atom. The molecule has 0 radical (unpaired) electrons. The van der Waals surface area contributed by atoms with Gasteiger partial charge in [0.2, 0.25) is 5.91 Å². The molecule has 2 aromatic carbocycles. The molecule has 1 atom stereocenters. The number of hydrogen-bond acceptors (Lipinski definition) is 7. The van der Waals surface area contributed by atoms with Crippen LogP contribution in [0, 0.1) is 5.82 Å². The van der Waals surface area contributed by atoms with Crippen LogP contribution in [0.5, 0.6) is 11.5 Å². The molecule has 0 bridgehead atoms. The molecule has 11 heteroatoms. The van der Waals surface area contributed by atoms with Crippen molar-refractivity contribution in [2.75, 3.05) is 60.2 Å². The molecule has 0 aromatic heterocycles. The van der Waals surface area contributed by atoms with Gasteiger partial charge in [0.05, 0.1) is 34.0 Å². The van der Waals surface area contributed by atoms with E-state index in [1.807, 2.05) is 0 Å². The molecule has 0 saturated carbocycles. The van der Waals surface area contributed by atoms with E-state index >= 15 is 0 Å². The van der Waals surface area contributed by atoms with Crippen LogP contribution in [0.4, 0.5) is 4.39 Å². The molecule has 2 aromatic rings.